The Labute approximate surface area is 163 Å². The van der Waals surface area contributed by atoms with Gasteiger partial charge in [0.25, 0.3) is 0 Å². The van der Waals surface area contributed by atoms with E-state index in [1.807, 2.05) is 13.0 Å². The van der Waals surface area contributed by atoms with Crippen LogP contribution in [0.2, 0.25) is 0 Å². The van der Waals surface area contributed by atoms with Crippen molar-refractivity contribution in [2.45, 2.75) is 45.6 Å². The van der Waals surface area contributed by atoms with E-state index in [4.69, 9.17) is 9.47 Å². The highest BCUT2D eigenvalue weighted by Crippen LogP contribution is 2.29. The maximum Gasteiger partial charge on any atom is 0.226 e. The van der Waals surface area contributed by atoms with Crippen LogP contribution in [0.5, 0.6) is 11.5 Å². The van der Waals surface area contributed by atoms with Gasteiger partial charge in [0.15, 0.2) is 0 Å². The first kappa shape index (κ1) is 21.5. The van der Waals surface area contributed by atoms with Crippen LogP contribution in [0.3, 0.4) is 0 Å². The van der Waals surface area contributed by atoms with E-state index >= 15 is 0 Å². The van der Waals surface area contributed by atoms with Gasteiger partial charge in [-0.1, -0.05) is 6.92 Å². The fourth-order valence-electron chi connectivity index (χ4n) is 3.40. The molecule has 2 rings (SSSR count). The number of anilines is 1. The van der Waals surface area contributed by atoms with Crippen LogP contribution in [0.4, 0.5) is 5.69 Å². The number of nitrogens with zero attached hydrogens (tertiary/aromatic N) is 1. The minimum Gasteiger partial charge on any atom is -0.497 e. The zero-order valence-electron chi connectivity index (χ0n) is 17.2. The molecule has 1 saturated heterocycles. The molecule has 1 aromatic carbocycles. The zero-order valence-corrected chi connectivity index (χ0v) is 17.2. The molecule has 1 aromatic rings. The third kappa shape index (κ3) is 7.39. The fourth-order valence-corrected chi connectivity index (χ4v) is 3.40. The predicted molar refractivity (Wildman–Crippen MR) is 110 cm³/mol. The third-order valence-corrected chi connectivity index (χ3v) is 5.19. The van der Waals surface area contributed by atoms with E-state index in [1.165, 1.54) is 25.9 Å². The van der Waals surface area contributed by atoms with Crippen LogP contribution in [-0.2, 0) is 4.79 Å². The number of methoxy groups -OCH3 is 2. The van der Waals surface area contributed by atoms with Crippen molar-refractivity contribution >= 4 is 11.6 Å². The van der Waals surface area contributed by atoms with Crippen LogP contribution < -0.4 is 20.1 Å². The van der Waals surface area contributed by atoms with Gasteiger partial charge in [-0.2, -0.15) is 0 Å². The molecule has 1 atom stereocenters. The van der Waals surface area contributed by atoms with Crippen LogP contribution in [-0.4, -0.2) is 57.2 Å². The van der Waals surface area contributed by atoms with Gasteiger partial charge >= 0.3 is 0 Å². The number of benzene rings is 1. The zero-order chi connectivity index (χ0) is 19.6. The second-order valence-corrected chi connectivity index (χ2v) is 7.55. The summed E-state index contributed by atoms with van der Waals surface area (Å²) in [5, 5.41) is 6.38. The molecule has 0 bridgehead atoms. The number of piperidine rings is 1. The molecule has 152 valence electrons. The average molecular weight is 378 g/mol. The number of carbonyl (C=O) groups is 1. The summed E-state index contributed by atoms with van der Waals surface area (Å²) >= 11 is 0. The van der Waals surface area contributed by atoms with E-state index in [2.05, 4.69) is 22.5 Å². The monoisotopic (exact) mass is 377 g/mol. The first-order valence-corrected chi connectivity index (χ1v) is 9.99. The van der Waals surface area contributed by atoms with Gasteiger partial charge in [-0.15, -0.1) is 0 Å². The van der Waals surface area contributed by atoms with Crippen LogP contribution >= 0.6 is 0 Å². The van der Waals surface area contributed by atoms with Crippen molar-refractivity contribution in [3.63, 3.8) is 0 Å². The molecule has 0 aliphatic carbocycles. The largest absolute Gasteiger partial charge is 0.497 e. The van der Waals surface area contributed by atoms with Gasteiger partial charge in [0.1, 0.15) is 11.5 Å². The Balaban J connectivity index is 1.68. The Hall–Kier alpha value is -1.79. The summed E-state index contributed by atoms with van der Waals surface area (Å²) in [6.07, 6.45) is 4.17. The molecular weight excluding hydrogens is 342 g/mol. The summed E-state index contributed by atoms with van der Waals surface area (Å²) in [4.78, 5) is 14.9. The molecule has 2 N–H and O–H groups in total. The maximum absolute atomic E-state index is 12.3. The summed E-state index contributed by atoms with van der Waals surface area (Å²) in [6, 6.07) is 5.50. The lowest BCUT2D eigenvalue weighted by molar-refractivity contribution is -0.116. The van der Waals surface area contributed by atoms with Gasteiger partial charge in [0, 0.05) is 18.5 Å². The normalized spacial score (nSPS) is 16.7. The molecule has 0 aromatic heterocycles. The number of likely N-dealkylation sites (tertiary alicyclic amines) is 1. The summed E-state index contributed by atoms with van der Waals surface area (Å²) in [5.74, 6) is 2.15. The van der Waals surface area contributed by atoms with E-state index in [0.717, 1.165) is 25.4 Å². The van der Waals surface area contributed by atoms with Crippen molar-refractivity contribution in [1.82, 2.24) is 10.2 Å². The molecule has 1 unspecified atom stereocenters. The lowest BCUT2D eigenvalue weighted by Gasteiger charge is -2.30. The van der Waals surface area contributed by atoms with E-state index in [0.29, 0.717) is 23.6 Å². The average Bonchev–Trinajstić information content (AvgIpc) is 2.66. The Kier molecular flexibility index (Phi) is 8.88. The molecule has 6 heteroatoms. The van der Waals surface area contributed by atoms with E-state index < -0.39 is 0 Å². The SMILES string of the molecule is COc1ccc(OC)c(NC(=O)CC(C)NCCCN2CCC(C)CC2)c1. The highest BCUT2D eigenvalue weighted by Gasteiger charge is 2.15. The Bertz CT molecular complexity index is 586. The molecule has 0 spiro atoms. The van der Waals surface area contributed by atoms with Crippen LogP contribution in [0.25, 0.3) is 0 Å². The van der Waals surface area contributed by atoms with Gasteiger partial charge in [-0.25, -0.2) is 0 Å². The third-order valence-electron chi connectivity index (χ3n) is 5.19. The second-order valence-electron chi connectivity index (χ2n) is 7.55. The molecule has 0 radical (unpaired) electrons. The first-order valence-electron chi connectivity index (χ1n) is 9.99. The molecule has 1 amide bonds. The van der Waals surface area contributed by atoms with Crippen LogP contribution in [0, 0.1) is 5.92 Å². The maximum atomic E-state index is 12.3. The van der Waals surface area contributed by atoms with Crippen molar-refractivity contribution in [1.29, 1.82) is 0 Å². The van der Waals surface area contributed by atoms with Crippen LogP contribution in [0.1, 0.15) is 39.5 Å². The van der Waals surface area contributed by atoms with Crippen molar-refractivity contribution in [2.75, 3.05) is 45.7 Å². The lowest BCUT2D eigenvalue weighted by atomic mass is 9.99. The van der Waals surface area contributed by atoms with Crippen molar-refractivity contribution < 1.29 is 14.3 Å². The second kappa shape index (κ2) is 11.1. The Morgan fingerprint density at radius 3 is 2.67 bits per heavy atom. The first-order chi connectivity index (χ1) is 13.0. The molecule has 1 heterocycles. The molecule has 6 nitrogen and oxygen atoms in total. The Morgan fingerprint density at radius 2 is 2.00 bits per heavy atom. The molecular formula is C21H35N3O3. The van der Waals surface area contributed by atoms with Gasteiger partial charge in [-0.3, -0.25) is 4.79 Å². The van der Waals surface area contributed by atoms with Gasteiger partial charge in [0.2, 0.25) is 5.91 Å². The summed E-state index contributed by atoms with van der Waals surface area (Å²) in [5.41, 5.74) is 0.633. The van der Waals surface area contributed by atoms with Crippen molar-refractivity contribution in [3.05, 3.63) is 18.2 Å². The fraction of sp³-hybridized carbons (Fsp3) is 0.667. The summed E-state index contributed by atoms with van der Waals surface area (Å²) < 4.78 is 10.5. The quantitative estimate of drug-likeness (QED) is 0.614. The smallest absolute Gasteiger partial charge is 0.226 e. The number of hydrogen-bond acceptors (Lipinski definition) is 5. The topological polar surface area (TPSA) is 62.8 Å². The number of amides is 1. The number of carbonyl (C=O) groups excluding carboxylic acids is 1. The summed E-state index contributed by atoms with van der Waals surface area (Å²) in [6.45, 7) is 8.91. The highest BCUT2D eigenvalue weighted by atomic mass is 16.5. The molecule has 1 aliphatic heterocycles. The number of hydrogen-bond donors (Lipinski definition) is 2. The van der Waals surface area contributed by atoms with Crippen molar-refractivity contribution in [2.24, 2.45) is 5.92 Å². The molecule has 1 aliphatic rings. The number of rotatable bonds is 10. The van der Waals surface area contributed by atoms with Crippen LogP contribution in [0.15, 0.2) is 18.2 Å². The summed E-state index contributed by atoms with van der Waals surface area (Å²) in [7, 11) is 3.19. The van der Waals surface area contributed by atoms with Gasteiger partial charge in [-0.05, 0) is 70.4 Å². The minimum absolute atomic E-state index is 0.0356. The molecule has 1 fully saturated rings. The van der Waals surface area contributed by atoms with E-state index in [9.17, 15) is 4.79 Å². The standard InChI is InChI=1S/C21H35N3O3/c1-16-8-12-24(13-9-16)11-5-10-22-17(2)14-21(25)23-19-15-18(26-3)6-7-20(19)27-4/h6-7,15-17,22H,5,8-14H2,1-4H3,(H,23,25). The van der Waals surface area contributed by atoms with Crippen molar-refractivity contribution in [3.8, 4) is 11.5 Å². The molecule has 0 saturated carbocycles. The van der Waals surface area contributed by atoms with Gasteiger partial charge in [0.05, 0.1) is 19.9 Å². The van der Waals surface area contributed by atoms with E-state index in [1.54, 1.807) is 26.4 Å². The lowest BCUT2D eigenvalue weighted by Crippen LogP contribution is -2.36. The number of ether oxygens (including phenoxy) is 2. The molecule has 27 heavy (non-hydrogen) atoms. The minimum atomic E-state index is -0.0356. The Morgan fingerprint density at radius 1 is 1.26 bits per heavy atom. The highest BCUT2D eigenvalue weighted by molar-refractivity contribution is 5.92. The van der Waals surface area contributed by atoms with E-state index in [-0.39, 0.29) is 11.9 Å². The predicted octanol–water partition coefficient (Wildman–Crippen LogP) is 3.13. The number of nitrogens with one attached hydrogen (secondary N) is 2. The van der Waals surface area contributed by atoms with Gasteiger partial charge < -0.3 is 25.0 Å².